The van der Waals surface area contributed by atoms with Crippen molar-refractivity contribution in [2.24, 2.45) is 5.92 Å². The first-order valence-electron chi connectivity index (χ1n) is 9.71. The number of aromatic nitrogens is 1. The number of pyridine rings is 1. The van der Waals surface area contributed by atoms with Gasteiger partial charge in [-0.15, -0.1) is 0 Å². The van der Waals surface area contributed by atoms with E-state index in [0.717, 1.165) is 24.1 Å². The Morgan fingerprint density at radius 1 is 1.33 bits per heavy atom. The Bertz CT molecular complexity index is 679. The second kappa shape index (κ2) is 8.28. The predicted molar refractivity (Wildman–Crippen MR) is 105 cm³/mol. The maximum Gasteiger partial charge on any atom is 0.408 e. The lowest BCUT2D eigenvalue weighted by Gasteiger charge is -2.29. The van der Waals surface area contributed by atoms with Crippen LogP contribution in [-0.2, 0) is 14.9 Å². The van der Waals surface area contributed by atoms with Gasteiger partial charge in [-0.1, -0.05) is 27.2 Å². The average molecular weight is 376 g/mol. The van der Waals surface area contributed by atoms with Crippen molar-refractivity contribution in [3.63, 3.8) is 0 Å². The first-order valence-corrected chi connectivity index (χ1v) is 9.71. The van der Waals surface area contributed by atoms with Crippen LogP contribution in [0.15, 0.2) is 18.3 Å². The topological polar surface area (TPSA) is 80.3 Å². The molecule has 0 unspecified atom stereocenters. The van der Waals surface area contributed by atoms with Gasteiger partial charge in [0.05, 0.1) is 11.7 Å². The van der Waals surface area contributed by atoms with Crippen LogP contribution in [0.1, 0.15) is 78.1 Å². The van der Waals surface area contributed by atoms with Crippen molar-refractivity contribution < 1.29 is 14.3 Å². The Hall–Kier alpha value is -2.11. The summed E-state index contributed by atoms with van der Waals surface area (Å²) in [5, 5.41) is 6.03. The third kappa shape index (κ3) is 6.22. The summed E-state index contributed by atoms with van der Waals surface area (Å²) in [5.74, 6) is 0.0169. The van der Waals surface area contributed by atoms with Gasteiger partial charge in [0.1, 0.15) is 5.60 Å². The van der Waals surface area contributed by atoms with E-state index in [1.54, 1.807) is 6.20 Å². The molecule has 1 aliphatic rings. The van der Waals surface area contributed by atoms with Crippen LogP contribution in [0.5, 0.6) is 0 Å². The van der Waals surface area contributed by atoms with E-state index in [-0.39, 0.29) is 23.3 Å². The number of carbonyl (C=O) groups is 2. The lowest BCUT2D eigenvalue weighted by Crippen LogP contribution is -2.40. The van der Waals surface area contributed by atoms with Gasteiger partial charge in [-0.25, -0.2) is 4.79 Å². The number of fused-ring (bicyclic) bond motifs is 2. The molecule has 2 bridgehead atoms. The van der Waals surface area contributed by atoms with Gasteiger partial charge in [-0.2, -0.15) is 0 Å². The Labute approximate surface area is 162 Å². The van der Waals surface area contributed by atoms with Crippen LogP contribution in [-0.4, -0.2) is 29.1 Å². The average Bonchev–Trinajstić information content (AvgIpc) is 2.56. The number of ether oxygens (including phenoxy) is 1. The molecule has 6 heteroatoms. The second-order valence-electron chi connectivity index (χ2n) is 9.10. The maximum atomic E-state index is 12.3. The molecule has 1 aliphatic heterocycles. The molecule has 2 heterocycles. The minimum absolute atomic E-state index is 0.0614. The molecule has 0 fully saturated rings. The first-order chi connectivity index (χ1) is 12.5. The summed E-state index contributed by atoms with van der Waals surface area (Å²) in [6.45, 7) is 12.2. The van der Waals surface area contributed by atoms with Crippen LogP contribution >= 0.6 is 0 Å². The summed E-state index contributed by atoms with van der Waals surface area (Å²) in [6.07, 6.45) is 3.60. The standard InChI is InChI=1S/C21H33N3O3/c1-14-8-7-9-16(24-19(26)27-20(2,3)4)17-12-15(10-11-22-17)21(5,6)13-23-18(14)25/h10-12,14,16H,7-9,13H2,1-6H3,(H,23,25)(H,24,26)/t14-,16+/m1/s1. The summed E-state index contributed by atoms with van der Waals surface area (Å²) in [4.78, 5) is 29.2. The highest BCUT2D eigenvalue weighted by atomic mass is 16.6. The van der Waals surface area contributed by atoms with Crippen molar-refractivity contribution >= 4 is 12.0 Å². The SMILES string of the molecule is C[C@@H]1CCC[C@H](NC(=O)OC(C)(C)C)c2cc(ccn2)C(C)(C)CNC1=O. The van der Waals surface area contributed by atoms with Crippen LogP contribution < -0.4 is 10.6 Å². The number of hydrogen-bond donors (Lipinski definition) is 2. The number of amides is 2. The molecule has 0 radical (unpaired) electrons. The molecule has 2 amide bonds. The third-order valence-corrected chi connectivity index (χ3v) is 4.89. The highest BCUT2D eigenvalue weighted by Gasteiger charge is 2.27. The van der Waals surface area contributed by atoms with Crippen LogP contribution in [0.25, 0.3) is 0 Å². The lowest BCUT2D eigenvalue weighted by atomic mass is 9.83. The Balaban J connectivity index is 2.30. The van der Waals surface area contributed by atoms with Crippen molar-refractivity contribution in [1.82, 2.24) is 15.6 Å². The number of hydrogen-bond acceptors (Lipinski definition) is 4. The van der Waals surface area contributed by atoms with Crippen molar-refractivity contribution in [2.75, 3.05) is 6.54 Å². The lowest BCUT2D eigenvalue weighted by molar-refractivity contribution is -0.125. The minimum Gasteiger partial charge on any atom is -0.444 e. The fraction of sp³-hybridized carbons (Fsp3) is 0.667. The maximum absolute atomic E-state index is 12.3. The van der Waals surface area contributed by atoms with E-state index in [0.29, 0.717) is 13.0 Å². The van der Waals surface area contributed by atoms with Crippen molar-refractivity contribution in [2.45, 2.75) is 77.9 Å². The smallest absolute Gasteiger partial charge is 0.408 e. The van der Waals surface area contributed by atoms with Crippen molar-refractivity contribution in [3.8, 4) is 0 Å². The molecule has 27 heavy (non-hydrogen) atoms. The highest BCUT2D eigenvalue weighted by molar-refractivity contribution is 5.78. The Morgan fingerprint density at radius 3 is 2.70 bits per heavy atom. The van der Waals surface area contributed by atoms with Crippen LogP contribution in [0.2, 0.25) is 0 Å². The summed E-state index contributed by atoms with van der Waals surface area (Å²) in [5.41, 5.74) is 1.12. The van der Waals surface area contributed by atoms with Gasteiger partial charge >= 0.3 is 6.09 Å². The summed E-state index contributed by atoms with van der Waals surface area (Å²) in [6, 6.07) is 3.75. The largest absolute Gasteiger partial charge is 0.444 e. The monoisotopic (exact) mass is 375 g/mol. The predicted octanol–water partition coefficient (Wildman–Crippen LogP) is 3.86. The first kappa shape index (κ1) is 21.2. The van der Waals surface area contributed by atoms with Gasteiger partial charge in [-0.3, -0.25) is 9.78 Å². The molecular weight excluding hydrogens is 342 g/mol. The molecule has 0 saturated heterocycles. The van der Waals surface area contributed by atoms with Crippen LogP contribution in [0.4, 0.5) is 4.79 Å². The number of nitrogens with one attached hydrogen (secondary N) is 2. The molecule has 150 valence electrons. The number of carbonyl (C=O) groups excluding carboxylic acids is 2. The fourth-order valence-electron chi connectivity index (χ4n) is 3.15. The quantitative estimate of drug-likeness (QED) is 0.781. The molecule has 0 saturated carbocycles. The molecule has 0 spiro atoms. The summed E-state index contributed by atoms with van der Waals surface area (Å²) >= 11 is 0. The molecule has 2 N–H and O–H groups in total. The molecule has 6 nitrogen and oxygen atoms in total. The van der Waals surface area contributed by atoms with E-state index >= 15 is 0 Å². The van der Waals surface area contributed by atoms with Gasteiger partial charge in [0.15, 0.2) is 0 Å². The van der Waals surface area contributed by atoms with Crippen LogP contribution in [0, 0.1) is 5.92 Å². The van der Waals surface area contributed by atoms with E-state index < -0.39 is 11.7 Å². The van der Waals surface area contributed by atoms with Crippen LogP contribution in [0.3, 0.4) is 0 Å². The van der Waals surface area contributed by atoms with Crippen molar-refractivity contribution in [1.29, 1.82) is 0 Å². The molecule has 0 aromatic carbocycles. The molecule has 1 aromatic rings. The van der Waals surface area contributed by atoms with Gasteiger partial charge in [0.2, 0.25) is 5.91 Å². The number of nitrogens with zero attached hydrogens (tertiary/aromatic N) is 1. The van der Waals surface area contributed by atoms with Gasteiger partial charge in [0.25, 0.3) is 0 Å². The zero-order valence-corrected chi connectivity index (χ0v) is 17.4. The summed E-state index contributed by atoms with van der Waals surface area (Å²) in [7, 11) is 0. The highest BCUT2D eigenvalue weighted by Crippen LogP contribution is 2.27. The second-order valence-corrected chi connectivity index (χ2v) is 9.10. The van der Waals surface area contributed by atoms with Gasteiger partial charge in [0, 0.05) is 24.1 Å². The van der Waals surface area contributed by atoms with E-state index in [1.165, 1.54) is 0 Å². The molecule has 0 aliphatic carbocycles. The zero-order valence-electron chi connectivity index (χ0n) is 17.4. The van der Waals surface area contributed by atoms with Gasteiger partial charge < -0.3 is 15.4 Å². The fourth-order valence-corrected chi connectivity index (χ4v) is 3.15. The Kier molecular flexibility index (Phi) is 6.50. The minimum atomic E-state index is -0.556. The molecule has 2 rings (SSSR count). The third-order valence-electron chi connectivity index (χ3n) is 4.89. The van der Waals surface area contributed by atoms with E-state index in [1.807, 2.05) is 39.8 Å². The molecule has 1 aromatic heterocycles. The number of alkyl carbamates (subject to hydrolysis) is 1. The van der Waals surface area contributed by atoms with E-state index in [9.17, 15) is 9.59 Å². The normalized spacial score (nSPS) is 23.4. The van der Waals surface area contributed by atoms with E-state index in [4.69, 9.17) is 4.74 Å². The van der Waals surface area contributed by atoms with Crippen molar-refractivity contribution in [3.05, 3.63) is 29.6 Å². The molecular formula is C21H33N3O3. The van der Waals surface area contributed by atoms with Gasteiger partial charge in [-0.05, 0) is 51.3 Å². The zero-order chi connectivity index (χ0) is 20.2. The molecule has 2 atom stereocenters. The number of rotatable bonds is 1. The van der Waals surface area contributed by atoms with E-state index in [2.05, 4.69) is 29.5 Å². The summed E-state index contributed by atoms with van der Waals surface area (Å²) < 4.78 is 5.42. The Morgan fingerprint density at radius 2 is 2.04 bits per heavy atom.